The second-order valence-electron chi connectivity index (χ2n) is 8.85. The summed E-state index contributed by atoms with van der Waals surface area (Å²) >= 11 is 6.01. The minimum Gasteiger partial charge on any atom is -0.503 e. The summed E-state index contributed by atoms with van der Waals surface area (Å²) in [7, 11) is 0. The SMILES string of the molecule is CC(C)(C)C1CN(Cc2ccn(Cc3cccc(Cl)c3)c(=O)c2O)CCN1C(=O)O. The van der Waals surface area contributed by atoms with E-state index in [0.29, 0.717) is 43.3 Å². The summed E-state index contributed by atoms with van der Waals surface area (Å²) < 4.78 is 1.45. The summed E-state index contributed by atoms with van der Waals surface area (Å²) in [5.41, 5.74) is 0.733. The first-order valence-electron chi connectivity index (χ1n) is 9.94. The van der Waals surface area contributed by atoms with Crippen molar-refractivity contribution in [1.82, 2.24) is 14.4 Å². The zero-order chi connectivity index (χ0) is 22.1. The number of pyridine rings is 1. The molecule has 1 aliphatic heterocycles. The Labute approximate surface area is 181 Å². The van der Waals surface area contributed by atoms with Crippen LogP contribution in [0.4, 0.5) is 4.79 Å². The summed E-state index contributed by atoms with van der Waals surface area (Å²) in [6.45, 7) is 8.24. The average Bonchev–Trinajstić information content (AvgIpc) is 2.67. The number of hydrogen-bond acceptors (Lipinski definition) is 4. The minimum absolute atomic E-state index is 0.172. The van der Waals surface area contributed by atoms with Crippen LogP contribution in [-0.4, -0.2) is 56.3 Å². The molecule has 3 rings (SSSR count). The zero-order valence-corrected chi connectivity index (χ0v) is 18.3. The highest BCUT2D eigenvalue weighted by atomic mass is 35.5. The Morgan fingerprint density at radius 3 is 2.57 bits per heavy atom. The van der Waals surface area contributed by atoms with Crippen molar-refractivity contribution in [2.45, 2.75) is 39.9 Å². The zero-order valence-electron chi connectivity index (χ0n) is 17.5. The van der Waals surface area contributed by atoms with Gasteiger partial charge in [0, 0.05) is 43.0 Å². The molecule has 1 aromatic carbocycles. The molecule has 30 heavy (non-hydrogen) atoms. The molecule has 0 aliphatic carbocycles. The van der Waals surface area contributed by atoms with Gasteiger partial charge in [-0.15, -0.1) is 0 Å². The Hall–Kier alpha value is -2.51. The van der Waals surface area contributed by atoms with Crippen LogP contribution in [0, 0.1) is 5.41 Å². The summed E-state index contributed by atoms with van der Waals surface area (Å²) in [6, 6.07) is 8.82. The summed E-state index contributed by atoms with van der Waals surface area (Å²) in [5.74, 6) is -0.271. The summed E-state index contributed by atoms with van der Waals surface area (Å²) in [4.78, 5) is 27.8. The van der Waals surface area contributed by atoms with Crippen molar-refractivity contribution in [3.05, 3.63) is 63.0 Å². The lowest BCUT2D eigenvalue weighted by atomic mass is 9.84. The number of halogens is 1. The normalized spacial score (nSPS) is 17.9. The third kappa shape index (κ3) is 4.96. The van der Waals surface area contributed by atoms with E-state index in [0.717, 1.165) is 5.56 Å². The molecule has 1 fully saturated rings. The minimum atomic E-state index is -0.916. The smallest absolute Gasteiger partial charge is 0.407 e. The number of carbonyl (C=O) groups is 1. The monoisotopic (exact) mass is 433 g/mol. The number of nitrogens with zero attached hydrogens (tertiary/aromatic N) is 3. The number of benzene rings is 1. The standard InChI is InChI=1S/C22H28ClN3O4/c1-22(2,3)18-14-24(9-10-26(18)21(29)30)13-16-7-8-25(20(28)19(16)27)12-15-5-4-6-17(23)11-15/h4-8,11,18,27H,9-10,12-14H2,1-3H3,(H,29,30). The van der Waals surface area contributed by atoms with Crippen LogP contribution in [0.25, 0.3) is 0 Å². The number of carboxylic acid groups (broad SMARTS) is 1. The fourth-order valence-corrected chi connectivity index (χ4v) is 4.09. The first-order chi connectivity index (χ1) is 14.1. The van der Waals surface area contributed by atoms with Crippen molar-refractivity contribution in [2.24, 2.45) is 5.41 Å². The highest BCUT2D eigenvalue weighted by Crippen LogP contribution is 2.29. The van der Waals surface area contributed by atoms with Gasteiger partial charge in [-0.25, -0.2) is 4.79 Å². The van der Waals surface area contributed by atoms with Gasteiger partial charge in [0.2, 0.25) is 0 Å². The van der Waals surface area contributed by atoms with Crippen LogP contribution in [0.3, 0.4) is 0 Å². The maximum Gasteiger partial charge on any atom is 0.407 e. The average molecular weight is 434 g/mol. The van der Waals surface area contributed by atoms with Gasteiger partial charge >= 0.3 is 6.09 Å². The van der Waals surface area contributed by atoms with Crippen molar-refractivity contribution >= 4 is 17.7 Å². The Morgan fingerprint density at radius 1 is 1.20 bits per heavy atom. The van der Waals surface area contributed by atoms with E-state index in [-0.39, 0.29) is 17.2 Å². The maximum absolute atomic E-state index is 12.7. The molecule has 8 heteroatoms. The van der Waals surface area contributed by atoms with Crippen molar-refractivity contribution in [3.63, 3.8) is 0 Å². The predicted molar refractivity (Wildman–Crippen MR) is 116 cm³/mol. The van der Waals surface area contributed by atoms with Crippen LogP contribution in [0.2, 0.25) is 5.02 Å². The Kier molecular flexibility index (Phi) is 6.43. The van der Waals surface area contributed by atoms with Crippen LogP contribution in [0.5, 0.6) is 5.75 Å². The van der Waals surface area contributed by atoms with Gasteiger partial charge < -0.3 is 19.7 Å². The van der Waals surface area contributed by atoms with Crippen LogP contribution >= 0.6 is 11.6 Å². The lowest BCUT2D eigenvalue weighted by Gasteiger charge is -2.46. The molecule has 0 spiro atoms. The molecular formula is C22H28ClN3O4. The fourth-order valence-electron chi connectivity index (χ4n) is 3.88. The molecule has 1 saturated heterocycles. The number of hydrogen-bond donors (Lipinski definition) is 2. The lowest BCUT2D eigenvalue weighted by molar-refractivity contribution is 0.0187. The van der Waals surface area contributed by atoms with Crippen molar-refractivity contribution in [1.29, 1.82) is 0 Å². The number of aromatic nitrogens is 1. The molecule has 0 saturated carbocycles. The number of aromatic hydroxyl groups is 1. The van der Waals surface area contributed by atoms with Crippen molar-refractivity contribution < 1.29 is 15.0 Å². The highest BCUT2D eigenvalue weighted by Gasteiger charge is 2.38. The van der Waals surface area contributed by atoms with E-state index < -0.39 is 11.7 Å². The van der Waals surface area contributed by atoms with Crippen molar-refractivity contribution in [3.8, 4) is 5.75 Å². The first kappa shape index (κ1) is 22.2. The quantitative estimate of drug-likeness (QED) is 0.771. The number of amides is 1. The van der Waals surface area contributed by atoms with E-state index in [1.807, 2.05) is 32.9 Å². The van der Waals surface area contributed by atoms with Crippen molar-refractivity contribution in [2.75, 3.05) is 19.6 Å². The molecule has 1 aliphatic rings. The molecule has 1 aromatic heterocycles. The Bertz CT molecular complexity index is 983. The van der Waals surface area contributed by atoms with Crippen LogP contribution in [0.15, 0.2) is 41.3 Å². The van der Waals surface area contributed by atoms with Gasteiger partial charge in [0.15, 0.2) is 5.75 Å². The molecular weight excluding hydrogens is 406 g/mol. The highest BCUT2D eigenvalue weighted by molar-refractivity contribution is 6.30. The molecule has 2 heterocycles. The molecule has 2 N–H and O–H groups in total. The summed E-state index contributed by atoms with van der Waals surface area (Å²) in [5, 5.41) is 20.6. The van der Waals surface area contributed by atoms with Crippen LogP contribution in [0.1, 0.15) is 31.9 Å². The number of rotatable bonds is 4. The van der Waals surface area contributed by atoms with Gasteiger partial charge in [-0.3, -0.25) is 9.69 Å². The largest absolute Gasteiger partial charge is 0.503 e. The van der Waals surface area contributed by atoms with E-state index in [1.54, 1.807) is 24.4 Å². The second-order valence-corrected chi connectivity index (χ2v) is 9.28. The van der Waals surface area contributed by atoms with E-state index >= 15 is 0 Å². The van der Waals surface area contributed by atoms with Gasteiger partial charge in [-0.05, 0) is 29.2 Å². The van der Waals surface area contributed by atoms with E-state index in [9.17, 15) is 19.8 Å². The molecule has 2 aromatic rings. The summed E-state index contributed by atoms with van der Waals surface area (Å²) in [6.07, 6.45) is 0.758. The molecule has 7 nitrogen and oxygen atoms in total. The molecule has 0 bridgehead atoms. The van der Waals surface area contributed by atoms with E-state index in [2.05, 4.69) is 4.90 Å². The topological polar surface area (TPSA) is 86.0 Å². The fraction of sp³-hybridized carbons (Fsp3) is 0.455. The predicted octanol–water partition coefficient (Wildman–Crippen LogP) is 3.47. The number of piperazine rings is 1. The van der Waals surface area contributed by atoms with Crippen LogP contribution < -0.4 is 5.56 Å². The molecule has 1 atom stereocenters. The third-order valence-electron chi connectivity index (χ3n) is 5.57. The van der Waals surface area contributed by atoms with Gasteiger partial charge in [0.05, 0.1) is 12.6 Å². The molecule has 0 radical (unpaired) electrons. The van der Waals surface area contributed by atoms with E-state index in [4.69, 9.17) is 11.6 Å². The first-order valence-corrected chi connectivity index (χ1v) is 10.3. The third-order valence-corrected chi connectivity index (χ3v) is 5.80. The Morgan fingerprint density at radius 2 is 1.93 bits per heavy atom. The Balaban J connectivity index is 1.76. The van der Waals surface area contributed by atoms with Gasteiger partial charge in [0.25, 0.3) is 5.56 Å². The van der Waals surface area contributed by atoms with Gasteiger partial charge in [-0.2, -0.15) is 0 Å². The molecule has 1 amide bonds. The van der Waals surface area contributed by atoms with E-state index in [1.165, 1.54) is 9.47 Å². The van der Waals surface area contributed by atoms with Gasteiger partial charge in [0.1, 0.15) is 0 Å². The van der Waals surface area contributed by atoms with Crippen LogP contribution in [-0.2, 0) is 13.1 Å². The lowest BCUT2D eigenvalue weighted by Crippen LogP contribution is -2.59. The maximum atomic E-state index is 12.7. The molecule has 1 unspecified atom stereocenters. The molecule has 162 valence electrons. The van der Waals surface area contributed by atoms with Gasteiger partial charge in [-0.1, -0.05) is 44.5 Å². The second kappa shape index (κ2) is 8.70.